The van der Waals surface area contributed by atoms with Crippen LogP contribution in [0, 0.1) is 11.8 Å². The quantitative estimate of drug-likeness (QED) is 0.664. The number of nitrogens with one attached hydrogen (secondary N) is 1. The summed E-state index contributed by atoms with van der Waals surface area (Å²) < 4.78 is 0. The Bertz CT molecular complexity index is 94.1. The van der Waals surface area contributed by atoms with Gasteiger partial charge in [-0.2, -0.15) is 0 Å². The lowest BCUT2D eigenvalue weighted by atomic mass is 9.88. The molecule has 1 aliphatic heterocycles. The van der Waals surface area contributed by atoms with Crippen molar-refractivity contribution in [3.63, 3.8) is 0 Å². The summed E-state index contributed by atoms with van der Waals surface area (Å²) in [6.07, 6.45) is 2.56. The molecule has 11 heavy (non-hydrogen) atoms. The number of aliphatic hydroxyl groups is 1. The number of halogens is 1. The van der Waals surface area contributed by atoms with Gasteiger partial charge in [-0.15, -0.1) is 12.4 Å². The summed E-state index contributed by atoms with van der Waals surface area (Å²) in [5.41, 5.74) is 0. The van der Waals surface area contributed by atoms with Crippen molar-refractivity contribution in [3.8, 4) is 0 Å². The van der Waals surface area contributed by atoms with Gasteiger partial charge in [-0.05, 0) is 37.8 Å². The van der Waals surface area contributed by atoms with Crippen molar-refractivity contribution in [2.24, 2.45) is 11.8 Å². The SMILES string of the molecule is CC(CO)C1CCCNC1.Cl. The molecular formula is C8H18ClNO. The number of piperidine rings is 1. The van der Waals surface area contributed by atoms with E-state index in [9.17, 15) is 0 Å². The Hall–Kier alpha value is 0.210. The highest BCUT2D eigenvalue weighted by atomic mass is 35.5. The van der Waals surface area contributed by atoms with E-state index in [4.69, 9.17) is 5.11 Å². The highest BCUT2D eigenvalue weighted by molar-refractivity contribution is 5.85. The van der Waals surface area contributed by atoms with E-state index < -0.39 is 0 Å². The summed E-state index contributed by atoms with van der Waals surface area (Å²) in [5.74, 6) is 1.19. The molecule has 3 heteroatoms. The maximum Gasteiger partial charge on any atom is 0.0459 e. The largest absolute Gasteiger partial charge is 0.396 e. The second kappa shape index (κ2) is 5.81. The molecule has 0 aromatic carbocycles. The molecule has 0 aromatic rings. The van der Waals surface area contributed by atoms with Crippen molar-refractivity contribution in [2.75, 3.05) is 19.7 Å². The minimum absolute atomic E-state index is 0. The Kier molecular flexibility index (Phi) is 5.92. The zero-order valence-corrected chi connectivity index (χ0v) is 7.86. The molecule has 1 saturated heterocycles. The Morgan fingerprint density at radius 3 is 2.82 bits per heavy atom. The monoisotopic (exact) mass is 179 g/mol. The van der Waals surface area contributed by atoms with Gasteiger partial charge in [0.2, 0.25) is 0 Å². The number of hydrogen-bond donors (Lipinski definition) is 2. The number of hydrogen-bond acceptors (Lipinski definition) is 2. The highest BCUT2D eigenvalue weighted by Crippen LogP contribution is 2.18. The topological polar surface area (TPSA) is 32.3 Å². The van der Waals surface area contributed by atoms with Crippen LogP contribution >= 0.6 is 12.4 Å². The first-order valence-electron chi connectivity index (χ1n) is 4.16. The van der Waals surface area contributed by atoms with E-state index in [1.807, 2.05) is 0 Å². The average Bonchev–Trinajstić information content (AvgIpc) is 2.05. The molecule has 2 nitrogen and oxygen atoms in total. The van der Waals surface area contributed by atoms with Gasteiger partial charge in [0.15, 0.2) is 0 Å². The fourth-order valence-electron chi connectivity index (χ4n) is 1.51. The predicted molar refractivity (Wildman–Crippen MR) is 49.1 cm³/mol. The van der Waals surface area contributed by atoms with Crippen LogP contribution in [0.2, 0.25) is 0 Å². The van der Waals surface area contributed by atoms with Gasteiger partial charge in [0.25, 0.3) is 0 Å². The van der Waals surface area contributed by atoms with Gasteiger partial charge in [-0.1, -0.05) is 6.92 Å². The fraction of sp³-hybridized carbons (Fsp3) is 1.00. The third kappa shape index (κ3) is 3.41. The zero-order chi connectivity index (χ0) is 7.40. The Balaban J connectivity index is 0.000001000. The third-order valence-corrected chi connectivity index (χ3v) is 2.43. The van der Waals surface area contributed by atoms with Gasteiger partial charge in [-0.25, -0.2) is 0 Å². The summed E-state index contributed by atoms with van der Waals surface area (Å²) in [5, 5.41) is 12.2. The molecule has 1 fully saturated rings. The van der Waals surface area contributed by atoms with E-state index in [0.717, 1.165) is 13.1 Å². The maximum atomic E-state index is 8.86. The summed E-state index contributed by atoms with van der Waals surface area (Å²) in [7, 11) is 0. The van der Waals surface area contributed by atoms with E-state index in [1.54, 1.807) is 0 Å². The van der Waals surface area contributed by atoms with Crippen LogP contribution in [-0.4, -0.2) is 24.8 Å². The van der Waals surface area contributed by atoms with Crippen LogP contribution in [0.25, 0.3) is 0 Å². The van der Waals surface area contributed by atoms with Crippen LogP contribution in [0.3, 0.4) is 0 Å². The molecule has 1 heterocycles. The summed E-state index contributed by atoms with van der Waals surface area (Å²) in [6, 6.07) is 0. The zero-order valence-electron chi connectivity index (χ0n) is 7.05. The summed E-state index contributed by atoms with van der Waals surface area (Å²) >= 11 is 0. The van der Waals surface area contributed by atoms with Gasteiger partial charge in [0, 0.05) is 6.61 Å². The molecule has 0 saturated carbocycles. The number of aliphatic hydroxyl groups excluding tert-OH is 1. The second-order valence-corrected chi connectivity index (χ2v) is 3.27. The predicted octanol–water partition coefficient (Wildman–Crippen LogP) is 1.04. The lowest BCUT2D eigenvalue weighted by Gasteiger charge is -2.26. The van der Waals surface area contributed by atoms with Gasteiger partial charge >= 0.3 is 0 Å². The first-order chi connectivity index (χ1) is 4.84. The van der Waals surface area contributed by atoms with Crippen molar-refractivity contribution in [3.05, 3.63) is 0 Å². The van der Waals surface area contributed by atoms with Crippen LogP contribution < -0.4 is 5.32 Å². The molecule has 1 aliphatic rings. The molecule has 2 atom stereocenters. The average molecular weight is 180 g/mol. The van der Waals surface area contributed by atoms with E-state index in [0.29, 0.717) is 18.4 Å². The molecule has 0 spiro atoms. The lowest BCUT2D eigenvalue weighted by molar-refractivity contribution is 0.168. The molecule has 0 radical (unpaired) electrons. The molecule has 2 N–H and O–H groups in total. The first-order valence-corrected chi connectivity index (χ1v) is 4.16. The minimum atomic E-state index is 0. The molecule has 2 unspecified atom stereocenters. The minimum Gasteiger partial charge on any atom is -0.396 e. The van der Waals surface area contributed by atoms with E-state index in [1.165, 1.54) is 12.8 Å². The van der Waals surface area contributed by atoms with Crippen molar-refractivity contribution in [1.82, 2.24) is 5.32 Å². The Morgan fingerprint density at radius 1 is 1.64 bits per heavy atom. The molecule has 0 aliphatic carbocycles. The maximum absolute atomic E-state index is 8.86. The normalized spacial score (nSPS) is 27.3. The molecular weight excluding hydrogens is 162 g/mol. The molecule has 68 valence electrons. The van der Waals surface area contributed by atoms with E-state index in [2.05, 4.69) is 12.2 Å². The Labute approximate surface area is 74.8 Å². The van der Waals surface area contributed by atoms with Crippen LogP contribution in [0.15, 0.2) is 0 Å². The number of rotatable bonds is 2. The smallest absolute Gasteiger partial charge is 0.0459 e. The van der Waals surface area contributed by atoms with Gasteiger partial charge in [-0.3, -0.25) is 0 Å². The van der Waals surface area contributed by atoms with Gasteiger partial charge in [0.1, 0.15) is 0 Å². The van der Waals surface area contributed by atoms with Crippen molar-refractivity contribution >= 4 is 12.4 Å². The van der Waals surface area contributed by atoms with Crippen LogP contribution in [0.4, 0.5) is 0 Å². The first kappa shape index (κ1) is 11.2. The molecule has 0 amide bonds. The van der Waals surface area contributed by atoms with Crippen molar-refractivity contribution in [1.29, 1.82) is 0 Å². The van der Waals surface area contributed by atoms with Gasteiger partial charge in [0.05, 0.1) is 0 Å². The lowest BCUT2D eigenvalue weighted by Crippen LogP contribution is -2.34. The van der Waals surface area contributed by atoms with E-state index >= 15 is 0 Å². The van der Waals surface area contributed by atoms with Crippen LogP contribution in [0.1, 0.15) is 19.8 Å². The van der Waals surface area contributed by atoms with Crippen LogP contribution in [-0.2, 0) is 0 Å². The molecule has 0 bridgehead atoms. The second-order valence-electron chi connectivity index (χ2n) is 3.27. The third-order valence-electron chi connectivity index (χ3n) is 2.43. The Morgan fingerprint density at radius 2 is 2.36 bits per heavy atom. The van der Waals surface area contributed by atoms with Crippen molar-refractivity contribution in [2.45, 2.75) is 19.8 Å². The van der Waals surface area contributed by atoms with Crippen LogP contribution in [0.5, 0.6) is 0 Å². The van der Waals surface area contributed by atoms with Gasteiger partial charge < -0.3 is 10.4 Å². The summed E-state index contributed by atoms with van der Waals surface area (Å²) in [6.45, 7) is 4.72. The fourth-order valence-corrected chi connectivity index (χ4v) is 1.51. The van der Waals surface area contributed by atoms with E-state index in [-0.39, 0.29) is 12.4 Å². The standard InChI is InChI=1S/C8H17NO.ClH/c1-7(6-10)8-3-2-4-9-5-8;/h7-10H,2-6H2,1H3;1H. The molecule has 1 rings (SSSR count). The summed E-state index contributed by atoms with van der Waals surface area (Å²) in [4.78, 5) is 0. The van der Waals surface area contributed by atoms with Crippen molar-refractivity contribution < 1.29 is 5.11 Å². The molecule has 0 aromatic heterocycles. The highest BCUT2D eigenvalue weighted by Gasteiger charge is 2.18.